The van der Waals surface area contributed by atoms with Crippen molar-refractivity contribution in [3.05, 3.63) is 48.3 Å². The molecule has 0 bridgehead atoms. The highest BCUT2D eigenvalue weighted by atomic mass is 16.3. The van der Waals surface area contributed by atoms with E-state index in [0.717, 1.165) is 18.5 Å². The SMILES string of the molecule is CC1CCC(O)(C(O)c2ccnn2-c2ccccc2)CC1. The van der Waals surface area contributed by atoms with Gasteiger partial charge in [0.1, 0.15) is 6.10 Å². The summed E-state index contributed by atoms with van der Waals surface area (Å²) < 4.78 is 1.71. The maximum atomic E-state index is 10.8. The smallest absolute Gasteiger partial charge is 0.125 e. The van der Waals surface area contributed by atoms with Crippen LogP contribution in [0.15, 0.2) is 42.6 Å². The first-order valence-electron chi connectivity index (χ1n) is 7.60. The highest BCUT2D eigenvalue weighted by Gasteiger charge is 2.40. The first-order valence-corrected chi connectivity index (χ1v) is 7.60. The Kier molecular flexibility index (Phi) is 3.83. The number of aliphatic hydroxyl groups excluding tert-OH is 1. The van der Waals surface area contributed by atoms with Crippen LogP contribution >= 0.6 is 0 Å². The molecule has 0 amide bonds. The molecule has 2 N–H and O–H groups in total. The molecule has 1 aromatic carbocycles. The first-order chi connectivity index (χ1) is 10.1. The van der Waals surface area contributed by atoms with Gasteiger partial charge in [0, 0.05) is 6.20 Å². The lowest BCUT2D eigenvalue weighted by Gasteiger charge is -2.38. The molecule has 4 heteroatoms. The van der Waals surface area contributed by atoms with Crippen molar-refractivity contribution < 1.29 is 10.2 Å². The van der Waals surface area contributed by atoms with Gasteiger partial charge in [0.25, 0.3) is 0 Å². The average Bonchev–Trinajstić information content (AvgIpc) is 3.00. The normalized spacial score (nSPS) is 27.5. The third kappa shape index (κ3) is 2.74. The van der Waals surface area contributed by atoms with Gasteiger partial charge in [-0.3, -0.25) is 0 Å². The standard InChI is InChI=1S/C17H22N2O2/c1-13-7-10-17(21,11-8-13)16(20)15-9-12-18-19(15)14-5-3-2-4-6-14/h2-6,9,12-13,16,20-21H,7-8,10-11H2,1H3. The summed E-state index contributed by atoms with van der Waals surface area (Å²) in [5.74, 6) is 0.622. The van der Waals surface area contributed by atoms with Gasteiger partial charge in [0.15, 0.2) is 0 Å². The molecule has 1 aliphatic carbocycles. The van der Waals surface area contributed by atoms with E-state index >= 15 is 0 Å². The van der Waals surface area contributed by atoms with E-state index in [2.05, 4.69) is 12.0 Å². The van der Waals surface area contributed by atoms with Crippen LogP contribution in [-0.4, -0.2) is 25.6 Å². The minimum atomic E-state index is -1.04. The number of hydrogen-bond donors (Lipinski definition) is 2. The van der Waals surface area contributed by atoms with Crippen LogP contribution in [0.1, 0.15) is 44.4 Å². The highest BCUT2D eigenvalue weighted by molar-refractivity contribution is 5.33. The zero-order valence-corrected chi connectivity index (χ0v) is 12.3. The predicted molar refractivity (Wildman–Crippen MR) is 81.1 cm³/mol. The molecule has 0 aliphatic heterocycles. The van der Waals surface area contributed by atoms with Crippen LogP contribution in [0.2, 0.25) is 0 Å². The minimum absolute atomic E-state index is 0.622. The summed E-state index contributed by atoms with van der Waals surface area (Å²) in [5, 5.41) is 25.8. The van der Waals surface area contributed by atoms with Gasteiger partial charge < -0.3 is 10.2 Å². The van der Waals surface area contributed by atoms with Gasteiger partial charge in [-0.2, -0.15) is 5.10 Å². The summed E-state index contributed by atoms with van der Waals surface area (Å²) in [6.07, 6.45) is 3.93. The maximum absolute atomic E-state index is 10.8. The molecule has 1 aromatic heterocycles. The van der Waals surface area contributed by atoms with Gasteiger partial charge in [-0.05, 0) is 49.8 Å². The number of rotatable bonds is 3. The van der Waals surface area contributed by atoms with Crippen molar-refractivity contribution >= 4 is 0 Å². The monoisotopic (exact) mass is 286 g/mol. The number of para-hydroxylation sites is 1. The molecular weight excluding hydrogens is 264 g/mol. The molecule has 21 heavy (non-hydrogen) atoms. The van der Waals surface area contributed by atoms with Crippen molar-refractivity contribution in [3.63, 3.8) is 0 Å². The molecule has 1 fully saturated rings. The fourth-order valence-corrected chi connectivity index (χ4v) is 3.12. The minimum Gasteiger partial charge on any atom is -0.387 e. The van der Waals surface area contributed by atoms with Crippen molar-refractivity contribution in [2.45, 2.75) is 44.3 Å². The topological polar surface area (TPSA) is 58.3 Å². The molecule has 3 rings (SSSR count). The Morgan fingerprint density at radius 1 is 1.19 bits per heavy atom. The zero-order chi connectivity index (χ0) is 14.9. The van der Waals surface area contributed by atoms with E-state index in [1.54, 1.807) is 16.9 Å². The van der Waals surface area contributed by atoms with Gasteiger partial charge in [-0.15, -0.1) is 0 Å². The van der Waals surface area contributed by atoms with Crippen molar-refractivity contribution in [2.75, 3.05) is 0 Å². The quantitative estimate of drug-likeness (QED) is 0.912. The lowest BCUT2D eigenvalue weighted by atomic mass is 9.76. The van der Waals surface area contributed by atoms with Gasteiger partial charge in [0.2, 0.25) is 0 Å². The third-order valence-corrected chi connectivity index (χ3v) is 4.60. The Morgan fingerprint density at radius 2 is 1.86 bits per heavy atom. The molecule has 0 radical (unpaired) electrons. The van der Waals surface area contributed by atoms with Crippen molar-refractivity contribution in [3.8, 4) is 5.69 Å². The molecule has 1 aliphatic rings. The van der Waals surface area contributed by atoms with E-state index in [-0.39, 0.29) is 0 Å². The number of hydrogen-bond acceptors (Lipinski definition) is 3. The van der Waals surface area contributed by atoms with Crippen LogP contribution in [-0.2, 0) is 0 Å². The molecule has 112 valence electrons. The second-order valence-electron chi connectivity index (χ2n) is 6.19. The lowest BCUT2D eigenvalue weighted by Crippen LogP contribution is -2.40. The van der Waals surface area contributed by atoms with Gasteiger partial charge in [-0.1, -0.05) is 25.1 Å². The Labute approximate surface area is 125 Å². The number of nitrogens with zero attached hydrogens (tertiary/aromatic N) is 2. The van der Waals surface area contributed by atoms with Gasteiger partial charge >= 0.3 is 0 Å². The summed E-state index contributed by atoms with van der Waals surface area (Å²) in [6, 6.07) is 11.5. The van der Waals surface area contributed by atoms with E-state index in [9.17, 15) is 10.2 Å². The maximum Gasteiger partial charge on any atom is 0.125 e. The largest absolute Gasteiger partial charge is 0.387 e. The molecular formula is C17H22N2O2. The molecule has 4 nitrogen and oxygen atoms in total. The predicted octanol–water partition coefficient (Wildman–Crippen LogP) is 2.85. The second kappa shape index (κ2) is 5.62. The molecule has 0 spiro atoms. The molecule has 1 unspecified atom stereocenters. The van der Waals surface area contributed by atoms with E-state index in [0.29, 0.717) is 24.5 Å². The van der Waals surface area contributed by atoms with Crippen LogP contribution in [0.25, 0.3) is 5.69 Å². The Hall–Kier alpha value is -1.65. The average molecular weight is 286 g/mol. The fourth-order valence-electron chi connectivity index (χ4n) is 3.12. The van der Waals surface area contributed by atoms with Crippen molar-refractivity contribution in [1.82, 2.24) is 9.78 Å². The van der Waals surface area contributed by atoms with Crippen LogP contribution < -0.4 is 0 Å². The fraction of sp³-hybridized carbons (Fsp3) is 0.471. The Balaban J connectivity index is 1.89. The van der Waals surface area contributed by atoms with Gasteiger partial charge in [-0.25, -0.2) is 4.68 Å². The molecule has 1 saturated carbocycles. The molecule has 2 aromatic rings. The second-order valence-corrected chi connectivity index (χ2v) is 6.19. The van der Waals surface area contributed by atoms with E-state index < -0.39 is 11.7 Å². The van der Waals surface area contributed by atoms with Crippen molar-refractivity contribution in [1.29, 1.82) is 0 Å². The first kappa shape index (κ1) is 14.3. The van der Waals surface area contributed by atoms with Gasteiger partial charge in [0.05, 0.1) is 17.0 Å². The van der Waals surface area contributed by atoms with Crippen molar-refractivity contribution in [2.24, 2.45) is 5.92 Å². The Morgan fingerprint density at radius 3 is 2.52 bits per heavy atom. The zero-order valence-electron chi connectivity index (χ0n) is 12.3. The van der Waals surface area contributed by atoms with Crippen LogP contribution in [0.4, 0.5) is 0 Å². The molecule has 1 atom stereocenters. The summed E-state index contributed by atoms with van der Waals surface area (Å²) in [4.78, 5) is 0. The number of benzene rings is 1. The van der Waals surface area contributed by atoms with Crippen LogP contribution in [0.5, 0.6) is 0 Å². The third-order valence-electron chi connectivity index (χ3n) is 4.60. The highest BCUT2D eigenvalue weighted by Crippen LogP contribution is 2.40. The lowest BCUT2D eigenvalue weighted by molar-refractivity contribution is -0.107. The van der Waals surface area contributed by atoms with E-state index in [1.165, 1.54) is 0 Å². The number of aromatic nitrogens is 2. The molecule has 1 heterocycles. The van der Waals surface area contributed by atoms with E-state index in [1.807, 2.05) is 30.3 Å². The Bertz CT molecular complexity index is 586. The summed E-state index contributed by atoms with van der Waals surface area (Å²) >= 11 is 0. The molecule has 0 saturated heterocycles. The summed E-state index contributed by atoms with van der Waals surface area (Å²) in [6.45, 7) is 2.19. The van der Waals surface area contributed by atoms with E-state index in [4.69, 9.17) is 0 Å². The number of aliphatic hydroxyl groups is 2. The van der Waals surface area contributed by atoms with Crippen LogP contribution in [0, 0.1) is 5.92 Å². The summed E-state index contributed by atoms with van der Waals surface area (Å²) in [7, 11) is 0. The summed E-state index contributed by atoms with van der Waals surface area (Å²) in [5.41, 5.74) is 0.501. The van der Waals surface area contributed by atoms with Crippen LogP contribution in [0.3, 0.4) is 0 Å².